The molecule has 1 aliphatic heterocycles. The van der Waals surface area contributed by atoms with Crippen LogP contribution in [0.15, 0.2) is 18.2 Å². The van der Waals surface area contributed by atoms with Crippen LogP contribution in [0.4, 0.5) is 10.5 Å². The van der Waals surface area contributed by atoms with Crippen LogP contribution in [0.25, 0.3) is 0 Å². The summed E-state index contributed by atoms with van der Waals surface area (Å²) in [6.45, 7) is 3.32. The topological polar surface area (TPSA) is 58.6 Å². The quantitative estimate of drug-likeness (QED) is 0.772. The van der Waals surface area contributed by atoms with Crippen LogP contribution < -0.4 is 5.32 Å². The molecule has 1 aliphatic carbocycles. The number of anilines is 1. The minimum Gasteiger partial charge on any atom is -0.436 e. The Morgan fingerprint density at radius 3 is 2.78 bits per heavy atom. The van der Waals surface area contributed by atoms with Crippen molar-refractivity contribution in [3.8, 4) is 11.8 Å². The average molecular weight is 389 g/mol. The monoisotopic (exact) mass is 388 g/mol. The number of rotatable bonds is 3. The number of amides is 2. The Morgan fingerprint density at radius 1 is 1.26 bits per heavy atom. The Morgan fingerprint density at radius 2 is 2.04 bits per heavy atom. The van der Waals surface area contributed by atoms with Gasteiger partial charge >= 0.3 is 6.09 Å². The summed E-state index contributed by atoms with van der Waals surface area (Å²) in [7, 11) is 0. The molecule has 1 aromatic rings. The number of halogens is 1. The van der Waals surface area contributed by atoms with Crippen LogP contribution in [-0.2, 0) is 4.74 Å². The van der Waals surface area contributed by atoms with Crippen LogP contribution in [0.3, 0.4) is 0 Å². The fourth-order valence-electron chi connectivity index (χ4n) is 4.05. The summed E-state index contributed by atoms with van der Waals surface area (Å²) in [4.78, 5) is 26.5. The van der Waals surface area contributed by atoms with Gasteiger partial charge in [0.25, 0.3) is 5.91 Å². The van der Waals surface area contributed by atoms with Gasteiger partial charge in [-0.2, -0.15) is 0 Å². The van der Waals surface area contributed by atoms with E-state index in [0.717, 1.165) is 25.4 Å². The Kier molecular flexibility index (Phi) is 6.63. The average Bonchev–Trinajstić information content (AvgIpc) is 2.67. The summed E-state index contributed by atoms with van der Waals surface area (Å²) in [6.07, 6.45) is 5.59. The Bertz CT molecular complexity index is 768. The van der Waals surface area contributed by atoms with Gasteiger partial charge in [0, 0.05) is 18.8 Å². The molecular formula is C21H25ClN2O3. The Balaban J connectivity index is 1.62. The molecule has 0 radical (unpaired) electrons. The van der Waals surface area contributed by atoms with E-state index >= 15 is 0 Å². The number of fused-ring (bicyclic) bond motifs is 1. The van der Waals surface area contributed by atoms with Gasteiger partial charge in [-0.05, 0) is 49.8 Å². The van der Waals surface area contributed by atoms with E-state index in [2.05, 4.69) is 17.2 Å². The molecule has 0 spiro atoms. The fraction of sp³-hybridized carbons (Fsp3) is 0.524. The molecule has 2 atom stereocenters. The predicted molar refractivity (Wildman–Crippen MR) is 106 cm³/mol. The van der Waals surface area contributed by atoms with Crippen molar-refractivity contribution in [2.45, 2.75) is 39.0 Å². The molecule has 144 valence electrons. The first-order valence-electron chi connectivity index (χ1n) is 9.50. The van der Waals surface area contributed by atoms with E-state index in [-0.39, 0.29) is 12.5 Å². The van der Waals surface area contributed by atoms with Gasteiger partial charge in [0.15, 0.2) is 6.61 Å². The lowest BCUT2D eigenvalue weighted by Crippen LogP contribution is -2.44. The van der Waals surface area contributed by atoms with E-state index in [0.29, 0.717) is 22.2 Å². The zero-order chi connectivity index (χ0) is 19.2. The third-order valence-electron chi connectivity index (χ3n) is 5.48. The number of carbonyl (C=O) groups excluding carboxylic acids is 2. The first kappa shape index (κ1) is 19.6. The summed E-state index contributed by atoms with van der Waals surface area (Å²) in [6, 6.07) is 4.91. The van der Waals surface area contributed by atoms with Crippen molar-refractivity contribution in [2.75, 3.05) is 25.0 Å². The summed E-state index contributed by atoms with van der Waals surface area (Å²) >= 11 is 6.33. The van der Waals surface area contributed by atoms with Crippen molar-refractivity contribution in [3.05, 3.63) is 28.8 Å². The van der Waals surface area contributed by atoms with Gasteiger partial charge in [-0.1, -0.05) is 36.8 Å². The van der Waals surface area contributed by atoms with E-state index in [1.807, 2.05) is 4.90 Å². The lowest BCUT2D eigenvalue weighted by molar-refractivity contribution is 0.0521. The number of piperidine rings is 1. The van der Waals surface area contributed by atoms with Crippen LogP contribution in [-0.4, -0.2) is 36.6 Å². The third kappa shape index (κ3) is 4.95. The highest BCUT2D eigenvalue weighted by Gasteiger charge is 2.33. The lowest BCUT2D eigenvalue weighted by Gasteiger charge is -2.41. The number of nitrogens with zero attached hydrogens (tertiary/aromatic N) is 1. The first-order valence-corrected chi connectivity index (χ1v) is 9.88. The van der Waals surface area contributed by atoms with Crippen molar-refractivity contribution in [2.24, 2.45) is 11.8 Å². The van der Waals surface area contributed by atoms with Crippen molar-refractivity contribution >= 4 is 29.3 Å². The summed E-state index contributed by atoms with van der Waals surface area (Å²) < 4.78 is 4.91. The zero-order valence-electron chi connectivity index (χ0n) is 15.6. The fourth-order valence-corrected chi connectivity index (χ4v) is 4.31. The van der Waals surface area contributed by atoms with Crippen LogP contribution in [0.1, 0.15) is 49.4 Å². The van der Waals surface area contributed by atoms with Crippen molar-refractivity contribution in [3.63, 3.8) is 0 Å². The molecule has 1 saturated carbocycles. The lowest BCUT2D eigenvalue weighted by atomic mass is 9.75. The SMILES string of the molecule is CC#CCOC(=O)Nc1ccc(C(=O)N2CC[C@H]3CCCC[C@H]3C2)c(Cl)c1. The molecule has 0 aromatic heterocycles. The minimum absolute atomic E-state index is 0.0311. The molecule has 2 fully saturated rings. The maximum atomic E-state index is 12.9. The largest absolute Gasteiger partial charge is 0.436 e. The molecule has 1 saturated heterocycles. The molecule has 1 aromatic carbocycles. The van der Waals surface area contributed by atoms with Gasteiger partial charge in [-0.15, -0.1) is 5.92 Å². The molecule has 27 heavy (non-hydrogen) atoms. The van der Waals surface area contributed by atoms with Crippen molar-refractivity contribution in [1.29, 1.82) is 0 Å². The molecule has 5 nitrogen and oxygen atoms in total. The maximum Gasteiger partial charge on any atom is 0.412 e. The first-order chi connectivity index (χ1) is 13.1. The Labute approximate surface area is 165 Å². The highest BCUT2D eigenvalue weighted by molar-refractivity contribution is 6.34. The summed E-state index contributed by atoms with van der Waals surface area (Å²) in [5.41, 5.74) is 0.957. The molecule has 0 unspecified atom stereocenters. The molecule has 2 aliphatic rings. The van der Waals surface area contributed by atoms with Gasteiger partial charge in [-0.25, -0.2) is 4.79 Å². The number of ether oxygens (including phenoxy) is 1. The third-order valence-corrected chi connectivity index (χ3v) is 5.79. The number of hydrogen-bond donors (Lipinski definition) is 1. The second-order valence-corrected chi connectivity index (χ2v) is 7.57. The van der Waals surface area contributed by atoms with E-state index in [1.165, 1.54) is 25.7 Å². The number of hydrogen-bond acceptors (Lipinski definition) is 3. The second kappa shape index (κ2) is 9.14. The molecule has 0 bridgehead atoms. The number of likely N-dealkylation sites (tertiary alicyclic amines) is 1. The summed E-state index contributed by atoms with van der Waals surface area (Å²) in [5.74, 6) is 6.66. The van der Waals surface area contributed by atoms with E-state index in [4.69, 9.17) is 16.3 Å². The van der Waals surface area contributed by atoms with Crippen LogP contribution in [0.2, 0.25) is 5.02 Å². The van der Waals surface area contributed by atoms with Gasteiger partial charge in [-0.3, -0.25) is 10.1 Å². The molecule has 2 amide bonds. The normalized spacial score (nSPS) is 21.5. The van der Waals surface area contributed by atoms with Crippen LogP contribution >= 0.6 is 11.6 Å². The standard InChI is InChI=1S/C21H25ClN2O3/c1-2-3-12-27-21(26)23-17-8-9-18(19(22)13-17)20(25)24-11-10-15-6-4-5-7-16(15)14-24/h8-9,13,15-16H,4-7,10-12,14H2,1H3,(H,23,26)/t15-,16+/m1/s1. The van der Waals surface area contributed by atoms with Gasteiger partial charge in [0.05, 0.1) is 10.6 Å². The maximum absolute atomic E-state index is 12.9. The number of nitrogens with one attached hydrogen (secondary N) is 1. The van der Waals surface area contributed by atoms with Crippen molar-refractivity contribution in [1.82, 2.24) is 4.90 Å². The Hall–Kier alpha value is -2.19. The number of carbonyl (C=O) groups is 2. The van der Waals surface area contributed by atoms with Crippen LogP contribution in [0, 0.1) is 23.7 Å². The van der Waals surface area contributed by atoms with Crippen molar-refractivity contribution < 1.29 is 14.3 Å². The molecule has 3 rings (SSSR count). The highest BCUT2D eigenvalue weighted by Crippen LogP contribution is 2.36. The number of benzene rings is 1. The summed E-state index contributed by atoms with van der Waals surface area (Å²) in [5, 5.41) is 2.92. The molecule has 1 N–H and O–H groups in total. The van der Waals surface area contributed by atoms with E-state index < -0.39 is 6.09 Å². The van der Waals surface area contributed by atoms with Gasteiger partial charge < -0.3 is 9.64 Å². The molecule has 6 heteroatoms. The van der Waals surface area contributed by atoms with Gasteiger partial charge in [0.1, 0.15) is 0 Å². The zero-order valence-corrected chi connectivity index (χ0v) is 16.3. The highest BCUT2D eigenvalue weighted by atomic mass is 35.5. The predicted octanol–water partition coefficient (Wildman–Crippen LogP) is 4.56. The van der Waals surface area contributed by atoms with E-state index in [1.54, 1.807) is 25.1 Å². The van der Waals surface area contributed by atoms with Crippen LogP contribution in [0.5, 0.6) is 0 Å². The molecule has 1 heterocycles. The minimum atomic E-state index is -0.604. The van der Waals surface area contributed by atoms with Gasteiger partial charge in [0.2, 0.25) is 0 Å². The van der Waals surface area contributed by atoms with E-state index in [9.17, 15) is 9.59 Å². The second-order valence-electron chi connectivity index (χ2n) is 7.17. The molecular weight excluding hydrogens is 364 g/mol. The smallest absolute Gasteiger partial charge is 0.412 e.